The Morgan fingerprint density at radius 1 is 1.29 bits per heavy atom. The Hall–Kier alpha value is -2.49. The van der Waals surface area contributed by atoms with Crippen molar-refractivity contribution in [3.05, 3.63) is 29.3 Å². The van der Waals surface area contributed by atoms with Crippen LogP contribution in [0.5, 0.6) is 0 Å². The van der Waals surface area contributed by atoms with E-state index in [2.05, 4.69) is 15.5 Å². The lowest BCUT2D eigenvalue weighted by molar-refractivity contribution is -0.165. The molecule has 1 fully saturated rings. The van der Waals surface area contributed by atoms with E-state index in [0.29, 0.717) is 30.0 Å². The Morgan fingerprint density at radius 2 is 2.07 bits per heavy atom. The van der Waals surface area contributed by atoms with Crippen molar-refractivity contribution in [1.82, 2.24) is 15.1 Å². The van der Waals surface area contributed by atoms with Crippen LogP contribution in [0.25, 0.3) is 10.6 Å². The van der Waals surface area contributed by atoms with Gasteiger partial charge in [-0.05, 0) is 38.3 Å². The highest BCUT2D eigenvalue weighted by Crippen LogP contribution is 2.27. The zero-order chi connectivity index (χ0) is 20.3. The molecule has 1 N–H and O–H groups in total. The molecule has 0 spiro atoms. The number of nitrogens with zero attached hydrogens (tertiary/aromatic N) is 3. The van der Waals surface area contributed by atoms with Crippen LogP contribution < -0.4 is 5.32 Å². The van der Waals surface area contributed by atoms with Crippen LogP contribution in [-0.2, 0) is 9.59 Å². The fourth-order valence-electron chi connectivity index (χ4n) is 3.14. The van der Waals surface area contributed by atoms with Crippen molar-refractivity contribution in [2.24, 2.45) is 0 Å². The van der Waals surface area contributed by atoms with Crippen LogP contribution >= 0.6 is 11.3 Å². The number of piperidine rings is 1. The first-order valence-electron chi connectivity index (χ1n) is 8.80. The molecule has 3 rings (SSSR count). The molecule has 0 bridgehead atoms. The summed E-state index contributed by atoms with van der Waals surface area (Å²) in [7, 11) is 0. The van der Waals surface area contributed by atoms with E-state index in [0.717, 1.165) is 15.5 Å². The van der Waals surface area contributed by atoms with Crippen molar-refractivity contribution in [3.8, 4) is 10.6 Å². The first-order chi connectivity index (χ1) is 13.2. The molecule has 1 aromatic carbocycles. The SMILES string of the molecule is Cc1nnc(-c2cccc(NC(=O)C3CCCCN3C(=O)CC(F)(F)F)c2)s1. The van der Waals surface area contributed by atoms with E-state index in [4.69, 9.17) is 0 Å². The van der Waals surface area contributed by atoms with Crippen LogP contribution in [0.3, 0.4) is 0 Å². The molecule has 0 aliphatic carbocycles. The molecule has 28 heavy (non-hydrogen) atoms. The lowest BCUT2D eigenvalue weighted by Gasteiger charge is -2.35. The molecule has 1 aliphatic rings. The molecule has 10 heteroatoms. The molecular formula is C18H19F3N4O2S. The summed E-state index contributed by atoms with van der Waals surface area (Å²) in [4.78, 5) is 25.8. The van der Waals surface area contributed by atoms with Gasteiger partial charge in [0, 0.05) is 17.8 Å². The molecule has 0 saturated carbocycles. The Morgan fingerprint density at radius 3 is 2.75 bits per heavy atom. The van der Waals surface area contributed by atoms with Crippen LogP contribution in [0.4, 0.5) is 18.9 Å². The molecule has 150 valence electrons. The van der Waals surface area contributed by atoms with Crippen molar-refractivity contribution in [2.75, 3.05) is 11.9 Å². The summed E-state index contributed by atoms with van der Waals surface area (Å²) in [5.41, 5.74) is 1.26. The van der Waals surface area contributed by atoms with Crippen LogP contribution in [0.1, 0.15) is 30.7 Å². The Bertz CT molecular complexity index is 869. The van der Waals surface area contributed by atoms with Gasteiger partial charge in [-0.2, -0.15) is 13.2 Å². The van der Waals surface area contributed by atoms with Gasteiger partial charge < -0.3 is 10.2 Å². The van der Waals surface area contributed by atoms with Crippen LogP contribution in [-0.4, -0.2) is 45.7 Å². The minimum absolute atomic E-state index is 0.150. The second-order valence-electron chi connectivity index (χ2n) is 6.59. The fraction of sp³-hybridized carbons (Fsp3) is 0.444. The van der Waals surface area contributed by atoms with Crippen LogP contribution in [0, 0.1) is 6.92 Å². The number of rotatable bonds is 4. The number of benzene rings is 1. The molecule has 1 unspecified atom stereocenters. The van der Waals surface area contributed by atoms with E-state index in [1.54, 1.807) is 18.2 Å². The number of alkyl halides is 3. The molecule has 1 aliphatic heterocycles. The quantitative estimate of drug-likeness (QED) is 0.829. The third-order valence-electron chi connectivity index (χ3n) is 4.38. The predicted molar refractivity (Wildman–Crippen MR) is 98.7 cm³/mol. The van der Waals surface area contributed by atoms with Gasteiger partial charge in [0.1, 0.15) is 22.5 Å². The number of carbonyl (C=O) groups is 2. The number of aromatic nitrogens is 2. The number of carbonyl (C=O) groups excluding carboxylic acids is 2. The highest BCUT2D eigenvalue weighted by Gasteiger charge is 2.38. The number of likely N-dealkylation sites (tertiary alicyclic amines) is 1. The maximum atomic E-state index is 12.7. The van der Waals surface area contributed by atoms with E-state index < -0.39 is 30.5 Å². The standard InChI is InChI=1S/C18H19F3N4O2S/c1-11-23-24-17(28-11)12-5-4-6-13(9-12)22-16(27)14-7-2-3-8-25(14)15(26)10-18(19,20)21/h4-6,9,14H,2-3,7-8,10H2,1H3,(H,22,27). The highest BCUT2D eigenvalue weighted by atomic mass is 32.1. The molecular weight excluding hydrogens is 393 g/mol. The van der Waals surface area contributed by atoms with Gasteiger partial charge in [-0.25, -0.2) is 0 Å². The maximum absolute atomic E-state index is 12.7. The van der Waals surface area contributed by atoms with Gasteiger partial charge in [0.25, 0.3) is 0 Å². The summed E-state index contributed by atoms with van der Waals surface area (Å²) in [6.45, 7) is 1.99. The van der Waals surface area contributed by atoms with E-state index in [1.807, 2.05) is 13.0 Å². The summed E-state index contributed by atoms with van der Waals surface area (Å²) in [6.07, 6.45) is -4.55. The number of hydrogen-bond donors (Lipinski definition) is 1. The minimum atomic E-state index is -4.59. The number of amides is 2. The third-order valence-corrected chi connectivity index (χ3v) is 5.27. The van der Waals surface area contributed by atoms with Gasteiger partial charge in [-0.15, -0.1) is 10.2 Å². The van der Waals surface area contributed by atoms with Crippen LogP contribution in [0.15, 0.2) is 24.3 Å². The highest BCUT2D eigenvalue weighted by molar-refractivity contribution is 7.14. The average molecular weight is 412 g/mol. The third kappa shape index (κ3) is 5.06. The van der Waals surface area contributed by atoms with Gasteiger partial charge in [0.05, 0.1) is 0 Å². The van der Waals surface area contributed by atoms with E-state index in [1.165, 1.54) is 11.3 Å². The van der Waals surface area contributed by atoms with E-state index >= 15 is 0 Å². The lowest BCUT2D eigenvalue weighted by Crippen LogP contribution is -2.50. The Balaban J connectivity index is 1.73. The predicted octanol–water partition coefficient (Wildman–Crippen LogP) is 3.79. The van der Waals surface area contributed by atoms with Crippen molar-refractivity contribution in [1.29, 1.82) is 0 Å². The molecule has 1 saturated heterocycles. The van der Waals surface area contributed by atoms with Gasteiger partial charge in [-0.1, -0.05) is 23.5 Å². The smallest absolute Gasteiger partial charge is 0.330 e. The Kier molecular flexibility index (Phi) is 5.97. The summed E-state index contributed by atoms with van der Waals surface area (Å²) in [5.74, 6) is -1.55. The minimum Gasteiger partial charge on any atom is -0.330 e. The Labute approximate surface area is 163 Å². The number of aryl methyl sites for hydroxylation is 1. The second kappa shape index (κ2) is 8.26. The van der Waals surface area contributed by atoms with Crippen molar-refractivity contribution >= 4 is 28.8 Å². The van der Waals surface area contributed by atoms with E-state index in [-0.39, 0.29) is 6.54 Å². The first kappa shape index (κ1) is 20.2. The normalized spacial score (nSPS) is 17.4. The summed E-state index contributed by atoms with van der Waals surface area (Å²) in [5, 5.41) is 12.3. The average Bonchev–Trinajstić information content (AvgIpc) is 3.07. The molecule has 2 heterocycles. The van der Waals surface area contributed by atoms with Crippen molar-refractivity contribution in [3.63, 3.8) is 0 Å². The lowest BCUT2D eigenvalue weighted by atomic mass is 10.0. The molecule has 2 aromatic rings. The first-order valence-corrected chi connectivity index (χ1v) is 9.62. The number of halogens is 3. The zero-order valence-corrected chi connectivity index (χ0v) is 15.9. The number of nitrogens with one attached hydrogen (secondary N) is 1. The summed E-state index contributed by atoms with van der Waals surface area (Å²) < 4.78 is 37.8. The molecule has 1 atom stereocenters. The fourth-order valence-corrected chi connectivity index (χ4v) is 3.83. The van der Waals surface area contributed by atoms with Crippen molar-refractivity contribution in [2.45, 2.75) is 44.8 Å². The monoisotopic (exact) mass is 412 g/mol. The van der Waals surface area contributed by atoms with Gasteiger partial charge in [-0.3, -0.25) is 9.59 Å². The van der Waals surface area contributed by atoms with Gasteiger partial charge in [0.2, 0.25) is 11.8 Å². The topological polar surface area (TPSA) is 75.2 Å². The molecule has 1 aromatic heterocycles. The van der Waals surface area contributed by atoms with Gasteiger partial charge in [0.15, 0.2) is 0 Å². The summed E-state index contributed by atoms with van der Waals surface area (Å²) >= 11 is 1.41. The number of anilines is 1. The largest absolute Gasteiger partial charge is 0.397 e. The molecule has 2 amide bonds. The summed E-state index contributed by atoms with van der Waals surface area (Å²) in [6, 6.07) is 6.07. The molecule has 0 radical (unpaired) electrons. The van der Waals surface area contributed by atoms with Crippen molar-refractivity contribution < 1.29 is 22.8 Å². The zero-order valence-electron chi connectivity index (χ0n) is 15.1. The van der Waals surface area contributed by atoms with Gasteiger partial charge >= 0.3 is 6.18 Å². The van der Waals surface area contributed by atoms with Crippen LogP contribution in [0.2, 0.25) is 0 Å². The molecule has 6 nitrogen and oxygen atoms in total. The maximum Gasteiger partial charge on any atom is 0.397 e. The number of hydrogen-bond acceptors (Lipinski definition) is 5. The van der Waals surface area contributed by atoms with E-state index in [9.17, 15) is 22.8 Å². The second-order valence-corrected chi connectivity index (χ2v) is 7.77.